The lowest BCUT2D eigenvalue weighted by molar-refractivity contribution is -0.384. The summed E-state index contributed by atoms with van der Waals surface area (Å²) in [5, 5.41) is 28.6. The fourth-order valence-corrected chi connectivity index (χ4v) is 1.43. The summed E-state index contributed by atoms with van der Waals surface area (Å²) < 4.78 is 1.36. The SMILES string of the molecule is O=[N+]([O-])c1ccccc1N(CO)n1cnnc1. The monoisotopic (exact) mass is 235 g/mol. The number of aliphatic hydroxyl groups is 1. The van der Waals surface area contributed by atoms with E-state index in [-0.39, 0.29) is 11.4 Å². The predicted octanol–water partition coefficient (Wildman–Crippen LogP) is 0.406. The van der Waals surface area contributed by atoms with Crippen molar-refractivity contribution in [2.45, 2.75) is 0 Å². The number of hydrogen-bond acceptors (Lipinski definition) is 6. The summed E-state index contributed by atoms with van der Waals surface area (Å²) in [4.78, 5) is 10.4. The second-order valence-electron chi connectivity index (χ2n) is 3.13. The van der Waals surface area contributed by atoms with E-state index in [9.17, 15) is 15.2 Å². The van der Waals surface area contributed by atoms with E-state index in [0.29, 0.717) is 0 Å². The average Bonchev–Trinajstić information content (AvgIpc) is 2.84. The zero-order chi connectivity index (χ0) is 12.3. The van der Waals surface area contributed by atoms with Gasteiger partial charge in [0.05, 0.1) is 4.92 Å². The summed E-state index contributed by atoms with van der Waals surface area (Å²) in [6.07, 6.45) is 2.68. The number of rotatable bonds is 4. The quantitative estimate of drug-likeness (QED) is 0.468. The van der Waals surface area contributed by atoms with Gasteiger partial charge in [-0.2, -0.15) is 0 Å². The van der Waals surface area contributed by atoms with Crippen LogP contribution in [-0.4, -0.2) is 31.6 Å². The maximum atomic E-state index is 10.9. The molecule has 0 aliphatic carbocycles. The second-order valence-corrected chi connectivity index (χ2v) is 3.13. The third-order valence-electron chi connectivity index (χ3n) is 2.18. The van der Waals surface area contributed by atoms with Crippen molar-refractivity contribution in [3.05, 3.63) is 47.0 Å². The summed E-state index contributed by atoms with van der Waals surface area (Å²) in [6.45, 7) is -0.428. The topological polar surface area (TPSA) is 97.3 Å². The predicted molar refractivity (Wildman–Crippen MR) is 58.1 cm³/mol. The summed E-state index contributed by atoms with van der Waals surface area (Å²) in [7, 11) is 0. The maximum Gasteiger partial charge on any atom is 0.294 e. The molecule has 0 bridgehead atoms. The van der Waals surface area contributed by atoms with Gasteiger partial charge in [0.15, 0.2) is 0 Å². The van der Waals surface area contributed by atoms with E-state index in [1.165, 1.54) is 34.5 Å². The van der Waals surface area contributed by atoms with Crippen molar-refractivity contribution >= 4 is 11.4 Å². The number of nitro groups is 1. The molecular weight excluding hydrogens is 226 g/mol. The summed E-state index contributed by atoms with van der Waals surface area (Å²) in [6, 6.07) is 6.11. The molecule has 1 N–H and O–H groups in total. The first-order valence-electron chi connectivity index (χ1n) is 4.70. The minimum atomic E-state index is -0.512. The summed E-state index contributed by atoms with van der Waals surface area (Å²) in [5.74, 6) is 0. The molecule has 0 spiro atoms. The number of para-hydroxylation sites is 2. The van der Waals surface area contributed by atoms with E-state index >= 15 is 0 Å². The zero-order valence-electron chi connectivity index (χ0n) is 8.67. The van der Waals surface area contributed by atoms with Crippen LogP contribution in [0.2, 0.25) is 0 Å². The molecule has 1 aromatic heterocycles. The molecule has 0 unspecified atom stereocenters. The second kappa shape index (κ2) is 4.58. The van der Waals surface area contributed by atoms with Crippen molar-refractivity contribution < 1.29 is 10.0 Å². The van der Waals surface area contributed by atoms with Gasteiger partial charge in [-0.25, -0.2) is 9.69 Å². The third kappa shape index (κ3) is 2.06. The molecule has 0 amide bonds. The molecule has 17 heavy (non-hydrogen) atoms. The highest BCUT2D eigenvalue weighted by molar-refractivity contribution is 5.62. The standard InChI is InChI=1S/C9H9N5O3/c15-7-13(12-5-10-11-6-12)8-3-1-2-4-9(8)14(16)17/h1-6,15H,7H2. The van der Waals surface area contributed by atoms with Gasteiger partial charge in [-0.1, -0.05) is 12.1 Å². The Kier molecular flexibility index (Phi) is 2.97. The van der Waals surface area contributed by atoms with E-state index in [0.717, 1.165) is 0 Å². The van der Waals surface area contributed by atoms with Gasteiger partial charge in [-0.3, -0.25) is 10.1 Å². The van der Waals surface area contributed by atoms with Gasteiger partial charge >= 0.3 is 0 Å². The van der Waals surface area contributed by atoms with Crippen LogP contribution in [0.25, 0.3) is 0 Å². The molecule has 8 nitrogen and oxygen atoms in total. The highest BCUT2D eigenvalue weighted by Crippen LogP contribution is 2.27. The van der Waals surface area contributed by atoms with Crippen LogP contribution in [0.5, 0.6) is 0 Å². The van der Waals surface area contributed by atoms with Gasteiger partial charge in [0.2, 0.25) is 0 Å². The molecule has 1 aromatic carbocycles. The number of aromatic nitrogens is 3. The van der Waals surface area contributed by atoms with E-state index in [2.05, 4.69) is 10.2 Å². The Labute approximate surface area is 95.9 Å². The summed E-state index contributed by atoms with van der Waals surface area (Å²) >= 11 is 0. The van der Waals surface area contributed by atoms with Crippen LogP contribution < -0.4 is 5.01 Å². The first kappa shape index (κ1) is 11.0. The highest BCUT2D eigenvalue weighted by atomic mass is 16.6. The third-order valence-corrected chi connectivity index (χ3v) is 2.18. The van der Waals surface area contributed by atoms with E-state index in [1.54, 1.807) is 12.1 Å². The van der Waals surface area contributed by atoms with Crippen LogP contribution in [0.15, 0.2) is 36.9 Å². The van der Waals surface area contributed by atoms with E-state index < -0.39 is 11.7 Å². The molecular formula is C9H9N5O3. The van der Waals surface area contributed by atoms with Gasteiger partial charge in [0, 0.05) is 6.07 Å². The molecule has 1 heterocycles. The van der Waals surface area contributed by atoms with Crippen molar-refractivity contribution in [3.8, 4) is 0 Å². The lowest BCUT2D eigenvalue weighted by atomic mass is 10.2. The lowest BCUT2D eigenvalue weighted by Crippen LogP contribution is -2.29. The molecule has 88 valence electrons. The lowest BCUT2D eigenvalue weighted by Gasteiger charge is -2.21. The number of benzene rings is 1. The van der Waals surface area contributed by atoms with Gasteiger partial charge in [-0.05, 0) is 6.07 Å². The minimum Gasteiger partial charge on any atom is -0.375 e. The van der Waals surface area contributed by atoms with Crippen molar-refractivity contribution in [2.24, 2.45) is 0 Å². The van der Waals surface area contributed by atoms with Crippen LogP contribution >= 0.6 is 0 Å². The van der Waals surface area contributed by atoms with Crippen LogP contribution in [0.4, 0.5) is 11.4 Å². The Balaban J connectivity index is 2.48. The average molecular weight is 235 g/mol. The smallest absolute Gasteiger partial charge is 0.294 e. The largest absolute Gasteiger partial charge is 0.375 e. The van der Waals surface area contributed by atoms with Gasteiger partial charge < -0.3 is 5.11 Å². The fraction of sp³-hybridized carbons (Fsp3) is 0.111. The number of nitro benzene ring substituents is 1. The van der Waals surface area contributed by atoms with Gasteiger partial charge in [0.25, 0.3) is 5.69 Å². The molecule has 2 aromatic rings. The maximum absolute atomic E-state index is 10.9. The number of nitrogens with zero attached hydrogens (tertiary/aromatic N) is 5. The highest BCUT2D eigenvalue weighted by Gasteiger charge is 2.19. The Morgan fingerprint density at radius 3 is 2.59 bits per heavy atom. The Bertz CT molecular complexity index is 513. The fourth-order valence-electron chi connectivity index (χ4n) is 1.43. The molecule has 0 saturated heterocycles. The number of hydrogen-bond donors (Lipinski definition) is 1. The molecule has 0 radical (unpaired) electrons. The van der Waals surface area contributed by atoms with Crippen molar-refractivity contribution in [1.82, 2.24) is 14.9 Å². The molecule has 0 saturated carbocycles. The Morgan fingerprint density at radius 1 is 1.35 bits per heavy atom. The van der Waals surface area contributed by atoms with Gasteiger partial charge in [-0.15, -0.1) is 10.2 Å². The Hall–Kier alpha value is -2.48. The summed E-state index contributed by atoms with van der Waals surface area (Å²) in [5.41, 5.74) is 0.162. The molecule has 8 heteroatoms. The molecule has 0 aliphatic heterocycles. The zero-order valence-corrected chi connectivity index (χ0v) is 8.67. The first-order chi connectivity index (χ1) is 8.24. The molecule has 0 aliphatic rings. The van der Waals surface area contributed by atoms with E-state index in [4.69, 9.17) is 0 Å². The van der Waals surface area contributed by atoms with Crippen molar-refractivity contribution in [2.75, 3.05) is 11.7 Å². The molecule has 0 fully saturated rings. The van der Waals surface area contributed by atoms with E-state index in [1.807, 2.05) is 0 Å². The van der Waals surface area contributed by atoms with Gasteiger partial charge in [0.1, 0.15) is 25.1 Å². The number of anilines is 1. The Morgan fingerprint density at radius 2 is 2.00 bits per heavy atom. The molecule has 2 rings (SSSR count). The van der Waals surface area contributed by atoms with Crippen LogP contribution in [0.1, 0.15) is 0 Å². The number of aliphatic hydroxyl groups excluding tert-OH is 1. The van der Waals surface area contributed by atoms with Crippen molar-refractivity contribution in [3.63, 3.8) is 0 Å². The first-order valence-corrected chi connectivity index (χ1v) is 4.70. The minimum absolute atomic E-state index is 0.102. The van der Waals surface area contributed by atoms with Crippen LogP contribution in [0.3, 0.4) is 0 Å². The van der Waals surface area contributed by atoms with Crippen LogP contribution in [0, 0.1) is 10.1 Å². The van der Waals surface area contributed by atoms with Crippen molar-refractivity contribution in [1.29, 1.82) is 0 Å². The van der Waals surface area contributed by atoms with Crippen LogP contribution in [-0.2, 0) is 0 Å². The molecule has 0 atom stereocenters. The normalized spacial score (nSPS) is 10.2.